The second kappa shape index (κ2) is 5.83. The number of carbonyl (C=O) groups excluding carboxylic acids is 1. The van der Waals surface area contributed by atoms with Crippen molar-refractivity contribution in [1.29, 1.82) is 0 Å². The van der Waals surface area contributed by atoms with Crippen LogP contribution < -0.4 is 0 Å². The highest BCUT2D eigenvalue weighted by molar-refractivity contribution is 5.79. The van der Waals surface area contributed by atoms with Crippen LogP contribution in [0.5, 0.6) is 0 Å². The summed E-state index contributed by atoms with van der Waals surface area (Å²) in [4.78, 5) is 17.9. The van der Waals surface area contributed by atoms with Crippen LogP contribution in [0.2, 0.25) is 0 Å². The van der Waals surface area contributed by atoms with Crippen LogP contribution in [-0.4, -0.2) is 22.3 Å². The first-order valence-corrected chi connectivity index (χ1v) is 7.16. The molecule has 2 heterocycles. The van der Waals surface area contributed by atoms with Crippen molar-refractivity contribution in [3.05, 3.63) is 65.0 Å². The Labute approximate surface area is 127 Å². The zero-order chi connectivity index (χ0) is 15.7. The van der Waals surface area contributed by atoms with Gasteiger partial charge in [0.15, 0.2) is 0 Å². The Hall–Kier alpha value is -2.30. The molecule has 2 aromatic rings. The summed E-state index contributed by atoms with van der Waals surface area (Å²) < 4.78 is 26.7. The third-order valence-electron chi connectivity index (χ3n) is 4.07. The third-order valence-corrected chi connectivity index (χ3v) is 4.07. The van der Waals surface area contributed by atoms with Gasteiger partial charge < -0.3 is 4.90 Å². The Kier molecular flexibility index (Phi) is 3.88. The van der Waals surface area contributed by atoms with Crippen molar-refractivity contribution in [3.8, 4) is 0 Å². The summed E-state index contributed by atoms with van der Waals surface area (Å²) >= 11 is 0. The van der Waals surface area contributed by atoms with Gasteiger partial charge >= 0.3 is 0 Å². The highest BCUT2D eigenvalue weighted by Gasteiger charge is 2.31. The lowest BCUT2D eigenvalue weighted by Gasteiger charge is -2.18. The standard InChI is InChI=1S/C17H16F2N2O/c1-11-8-20-3-2-12(11)9-21-10-14(6-17(21)22)13-4-15(18)7-16(19)5-13/h2-5,7-8,14H,6,9-10H2,1H3/t14-/m0/s1. The van der Waals surface area contributed by atoms with Gasteiger partial charge in [-0.15, -0.1) is 0 Å². The van der Waals surface area contributed by atoms with E-state index in [9.17, 15) is 13.6 Å². The number of rotatable bonds is 3. The van der Waals surface area contributed by atoms with Crippen molar-refractivity contribution in [2.75, 3.05) is 6.54 Å². The highest BCUT2D eigenvalue weighted by Crippen LogP contribution is 2.30. The maximum absolute atomic E-state index is 13.3. The van der Waals surface area contributed by atoms with E-state index in [2.05, 4.69) is 4.98 Å². The lowest BCUT2D eigenvalue weighted by atomic mass is 9.98. The minimum Gasteiger partial charge on any atom is -0.338 e. The van der Waals surface area contributed by atoms with E-state index in [1.807, 2.05) is 13.0 Å². The van der Waals surface area contributed by atoms with E-state index in [0.717, 1.165) is 17.2 Å². The molecule has 1 aliphatic heterocycles. The van der Waals surface area contributed by atoms with Crippen LogP contribution in [0.3, 0.4) is 0 Å². The average Bonchev–Trinajstić information content (AvgIpc) is 2.82. The summed E-state index contributed by atoms with van der Waals surface area (Å²) in [7, 11) is 0. The molecule has 3 nitrogen and oxygen atoms in total. The number of carbonyl (C=O) groups is 1. The molecular weight excluding hydrogens is 286 g/mol. The molecule has 0 bridgehead atoms. The highest BCUT2D eigenvalue weighted by atomic mass is 19.1. The van der Waals surface area contributed by atoms with E-state index >= 15 is 0 Å². The van der Waals surface area contributed by atoms with Crippen molar-refractivity contribution >= 4 is 5.91 Å². The first-order valence-electron chi connectivity index (χ1n) is 7.16. The third kappa shape index (κ3) is 2.98. The van der Waals surface area contributed by atoms with Gasteiger partial charge in [-0.2, -0.15) is 0 Å². The fraction of sp³-hybridized carbons (Fsp3) is 0.294. The summed E-state index contributed by atoms with van der Waals surface area (Å²) in [6.07, 6.45) is 3.74. The van der Waals surface area contributed by atoms with Crippen LogP contribution in [0.15, 0.2) is 36.7 Å². The first kappa shape index (κ1) is 14.6. The molecule has 0 N–H and O–H groups in total. The van der Waals surface area contributed by atoms with Gasteiger partial charge in [-0.3, -0.25) is 9.78 Å². The monoisotopic (exact) mass is 302 g/mol. The van der Waals surface area contributed by atoms with Gasteiger partial charge in [-0.25, -0.2) is 8.78 Å². The van der Waals surface area contributed by atoms with E-state index in [-0.39, 0.29) is 18.2 Å². The molecule has 1 aromatic heterocycles. The molecular formula is C17H16F2N2O. The van der Waals surface area contributed by atoms with Crippen molar-refractivity contribution in [2.45, 2.75) is 25.8 Å². The summed E-state index contributed by atoms with van der Waals surface area (Å²) in [5.41, 5.74) is 2.60. The van der Waals surface area contributed by atoms with Crippen molar-refractivity contribution in [1.82, 2.24) is 9.88 Å². The van der Waals surface area contributed by atoms with Crippen molar-refractivity contribution in [2.24, 2.45) is 0 Å². The smallest absolute Gasteiger partial charge is 0.223 e. The minimum absolute atomic E-state index is 0.00545. The van der Waals surface area contributed by atoms with Crippen molar-refractivity contribution in [3.63, 3.8) is 0 Å². The summed E-state index contributed by atoms with van der Waals surface area (Å²) in [5.74, 6) is -1.37. The number of hydrogen-bond acceptors (Lipinski definition) is 2. The number of halogens is 2. The fourth-order valence-corrected chi connectivity index (χ4v) is 2.84. The number of amides is 1. The maximum Gasteiger partial charge on any atom is 0.223 e. The summed E-state index contributed by atoms with van der Waals surface area (Å²) in [6.45, 7) is 2.92. The van der Waals surface area contributed by atoms with Crippen LogP contribution >= 0.6 is 0 Å². The molecule has 1 fully saturated rings. The quantitative estimate of drug-likeness (QED) is 0.872. The Morgan fingerprint density at radius 2 is 2.00 bits per heavy atom. The minimum atomic E-state index is -0.606. The average molecular weight is 302 g/mol. The molecule has 0 radical (unpaired) electrons. The van der Waals surface area contributed by atoms with Gasteiger partial charge in [0.25, 0.3) is 0 Å². The molecule has 0 unspecified atom stereocenters. The summed E-state index contributed by atoms with van der Waals surface area (Å²) in [5, 5.41) is 0. The molecule has 1 amide bonds. The molecule has 0 aliphatic carbocycles. The van der Waals surface area contributed by atoms with Gasteiger partial charge in [0, 0.05) is 43.9 Å². The number of pyridine rings is 1. The number of aryl methyl sites for hydroxylation is 1. The molecule has 0 spiro atoms. The van der Waals surface area contributed by atoms with Crippen LogP contribution in [0.4, 0.5) is 8.78 Å². The van der Waals surface area contributed by atoms with Gasteiger partial charge in [0.05, 0.1) is 0 Å². The fourth-order valence-electron chi connectivity index (χ4n) is 2.84. The molecule has 22 heavy (non-hydrogen) atoms. The predicted molar refractivity (Wildman–Crippen MR) is 78.1 cm³/mol. The largest absolute Gasteiger partial charge is 0.338 e. The van der Waals surface area contributed by atoms with E-state index in [0.29, 0.717) is 18.7 Å². The van der Waals surface area contributed by atoms with Crippen LogP contribution in [0.1, 0.15) is 29.0 Å². The molecule has 0 saturated carbocycles. The molecule has 5 heteroatoms. The SMILES string of the molecule is Cc1cnccc1CN1C[C@@H](c2cc(F)cc(F)c2)CC1=O. The van der Waals surface area contributed by atoms with Gasteiger partial charge in [0.1, 0.15) is 11.6 Å². The maximum atomic E-state index is 13.3. The van der Waals surface area contributed by atoms with E-state index < -0.39 is 11.6 Å². The lowest BCUT2D eigenvalue weighted by molar-refractivity contribution is -0.128. The second-order valence-corrected chi connectivity index (χ2v) is 5.68. The zero-order valence-corrected chi connectivity index (χ0v) is 12.2. The Morgan fingerprint density at radius 3 is 2.68 bits per heavy atom. The first-order chi connectivity index (χ1) is 10.5. The van der Waals surface area contributed by atoms with Gasteiger partial charge in [-0.05, 0) is 41.8 Å². The molecule has 1 saturated heterocycles. The zero-order valence-electron chi connectivity index (χ0n) is 12.2. The molecule has 114 valence electrons. The number of aromatic nitrogens is 1. The topological polar surface area (TPSA) is 33.2 Å². The normalized spacial score (nSPS) is 18.0. The van der Waals surface area contributed by atoms with Gasteiger partial charge in [-0.1, -0.05) is 0 Å². The number of hydrogen-bond donors (Lipinski definition) is 0. The van der Waals surface area contributed by atoms with Crippen LogP contribution in [-0.2, 0) is 11.3 Å². The van der Waals surface area contributed by atoms with E-state index in [1.54, 1.807) is 17.3 Å². The number of benzene rings is 1. The molecule has 1 aromatic carbocycles. The molecule has 1 atom stereocenters. The molecule has 1 aliphatic rings. The van der Waals surface area contributed by atoms with Crippen LogP contribution in [0, 0.1) is 18.6 Å². The predicted octanol–water partition coefficient (Wildman–Crippen LogP) is 3.18. The Morgan fingerprint density at radius 1 is 1.27 bits per heavy atom. The Balaban J connectivity index is 1.77. The molecule has 3 rings (SSSR count). The summed E-state index contributed by atoms with van der Waals surface area (Å²) in [6, 6.07) is 5.35. The number of nitrogens with zero attached hydrogens (tertiary/aromatic N) is 2. The van der Waals surface area contributed by atoms with Crippen LogP contribution in [0.25, 0.3) is 0 Å². The second-order valence-electron chi connectivity index (χ2n) is 5.68. The Bertz CT molecular complexity index is 697. The van der Waals surface area contributed by atoms with Gasteiger partial charge in [0.2, 0.25) is 5.91 Å². The van der Waals surface area contributed by atoms with E-state index in [4.69, 9.17) is 0 Å². The lowest BCUT2D eigenvalue weighted by Crippen LogP contribution is -2.24. The van der Waals surface area contributed by atoms with E-state index in [1.165, 1.54) is 12.1 Å². The number of likely N-dealkylation sites (tertiary alicyclic amines) is 1. The van der Waals surface area contributed by atoms with Crippen molar-refractivity contribution < 1.29 is 13.6 Å².